The lowest BCUT2D eigenvalue weighted by molar-refractivity contribution is -0.168. The van der Waals surface area contributed by atoms with E-state index in [1.54, 1.807) is 24.3 Å². The molecule has 0 bridgehead atoms. The van der Waals surface area contributed by atoms with Crippen LogP contribution >= 0.6 is 23.2 Å². The highest BCUT2D eigenvalue weighted by Gasteiger charge is 2.37. The summed E-state index contributed by atoms with van der Waals surface area (Å²) < 4.78 is 47.9. The predicted octanol–water partition coefficient (Wildman–Crippen LogP) is 8.42. The molecule has 1 saturated heterocycles. The van der Waals surface area contributed by atoms with Crippen LogP contribution in [0, 0.1) is 0 Å². The molecule has 2 unspecified atom stereocenters. The van der Waals surface area contributed by atoms with Crippen LogP contribution in [0.5, 0.6) is 0 Å². The maximum absolute atomic E-state index is 14.1. The SMILES string of the molecule is CC(CCCO[Si](C)(C)C(C)(C)C)N(c1cc(Cl)ccc1COC1CCCCO1)S(=O)(=O)c1ccc(Cl)cc1. The van der Waals surface area contributed by atoms with E-state index in [-0.39, 0.29) is 28.9 Å². The molecule has 39 heavy (non-hydrogen) atoms. The van der Waals surface area contributed by atoms with Gasteiger partial charge in [-0.05, 0) is 93.6 Å². The lowest BCUT2D eigenvalue weighted by Gasteiger charge is -2.36. The lowest BCUT2D eigenvalue weighted by atomic mass is 10.1. The van der Waals surface area contributed by atoms with Gasteiger partial charge < -0.3 is 13.9 Å². The fourth-order valence-corrected chi connectivity index (χ4v) is 7.35. The highest BCUT2D eigenvalue weighted by atomic mass is 35.5. The second kappa shape index (κ2) is 13.7. The van der Waals surface area contributed by atoms with Crippen LogP contribution in [0.25, 0.3) is 0 Å². The van der Waals surface area contributed by atoms with E-state index in [0.29, 0.717) is 35.4 Å². The normalized spacial score (nSPS) is 17.7. The summed E-state index contributed by atoms with van der Waals surface area (Å²) in [4.78, 5) is 0.165. The van der Waals surface area contributed by atoms with Crippen molar-refractivity contribution in [2.45, 2.75) is 102 Å². The number of anilines is 1. The maximum Gasteiger partial charge on any atom is 0.264 e. The minimum atomic E-state index is -3.94. The van der Waals surface area contributed by atoms with Crippen molar-refractivity contribution in [2.24, 2.45) is 0 Å². The molecule has 2 aromatic rings. The molecule has 1 heterocycles. The second-order valence-corrected chi connectivity index (χ2v) is 19.2. The van der Waals surface area contributed by atoms with Crippen molar-refractivity contribution in [1.29, 1.82) is 0 Å². The Kier molecular flexibility index (Phi) is 11.4. The van der Waals surface area contributed by atoms with E-state index in [1.807, 2.05) is 13.0 Å². The largest absolute Gasteiger partial charge is 0.417 e. The Balaban J connectivity index is 1.90. The van der Waals surface area contributed by atoms with Gasteiger partial charge in [-0.2, -0.15) is 0 Å². The number of hydrogen-bond acceptors (Lipinski definition) is 5. The van der Waals surface area contributed by atoms with E-state index in [0.717, 1.165) is 31.2 Å². The first-order valence-electron chi connectivity index (χ1n) is 13.7. The van der Waals surface area contributed by atoms with Gasteiger partial charge >= 0.3 is 0 Å². The first-order chi connectivity index (χ1) is 18.2. The standard InChI is InChI=1S/C29H43Cl2NO5SSi/c1-22(10-9-19-37-39(5,6)29(2,3)4)32(38(33,34)26-16-14-24(30)15-17-26)27-20-25(31)13-12-23(27)21-36-28-11-7-8-18-35-28/h12-17,20,22,28H,7-11,18-19,21H2,1-6H3. The van der Waals surface area contributed by atoms with Crippen LogP contribution in [0.2, 0.25) is 28.2 Å². The summed E-state index contributed by atoms with van der Waals surface area (Å²) in [6.45, 7) is 14.5. The van der Waals surface area contributed by atoms with E-state index >= 15 is 0 Å². The monoisotopic (exact) mass is 615 g/mol. The van der Waals surface area contributed by atoms with E-state index in [1.165, 1.54) is 16.4 Å². The molecule has 0 aromatic heterocycles. The van der Waals surface area contributed by atoms with E-state index in [4.69, 9.17) is 37.1 Å². The summed E-state index contributed by atoms with van der Waals surface area (Å²) >= 11 is 12.5. The van der Waals surface area contributed by atoms with E-state index in [2.05, 4.69) is 33.9 Å². The molecule has 0 spiro atoms. The molecule has 0 amide bonds. The minimum absolute atomic E-state index is 0.111. The van der Waals surface area contributed by atoms with Crippen LogP contribution in [0.1, 0.15) is 65.4 Å². The number of benzene rings is 2. The van der Waals surface area contributed by atoms with Crippen molar-refractivity contribution in [3.05, 3.63) is 58.1 Å². The average Bonchev–Trinajstić information content (AvgIpc) is 2.86. The van der Waals surface area contributed by atoms with Crippen molar-refractivity contribution in [1.82, 2.24) is 0 Å². The highest BCUT2D eigenvalue weighted by molar-refractivity contribution is 7.92. The van der Waals surface area contributed by atoms with Gasteiger partial charge in [-0.25, -0.2) is 8.42 Å². The van der Waals surface area contributed by atoms with Gasteiger partial charge in [-0.1, -0.05) is 50.0 Å². The zero-order valence-electron chi connectivity index (χ0n) is 24.0. The summed E-state index contributed by atoms with van der Waals surface area (Å²) in [7, 11) is -5.84. The summed E-state index contributed by atoms with van der Waals surface area (Å²) in [5, 5.41) is 1.04. The Bertz CT molecular complexity index is 1180. The topological polar surface area (TPSA) is 65.1 Å². The third-order valence-corrected chi connectivity index (χ3v) is 14.6. The van der Waals surface area contributed by atoms with Gasteiger partial charge in [0, 0.05) is 34.9 Å². The Morgan fingerprint density at radius 3 is 2.36 bits per heavy atom. The smallest absolute Gasteiger partial charge is 0.264 e. The number of sulfonamides is 1. The molecular formula is C29H43Cl2NO5SSi. The number of rotatable bonds is 12. The maximum atomic E-state index is 14.1. The van der Waals surface area contributed by atoms with Gasteiger partial charge in [-0.3, -0.25) is 4.31 Å². The molecule has 1 aliphatic heterocycles. The van der Waals surface area contributed by atoms with Gasteiger partial charge in [0.15, 0.2) is 14.6 Å². The van der Waals surface area contributed by atoms with Crippen LogP contribution in [0.15, 0.2) is 47.4 Å². The quantitative estimate of drug-likeness (QED) is 0.177. The summed E-state index contributed by atoms with van der Waals surface area (Å²) in [6.07, 6.45) is 3.93. The molecule has 218 valence electrons. The Morgan fingerprint density at radius 2 is 1.74 bits per heavy atom. The van der Waals surface area contributed by atoms with Crippen molar-refractivity contribution in [3.63, 3.8) is 0 Å². The Morgan fingerprint density at radius 1 is 1.08 bits per heavy atom. The molecular weight excluding hydrogens is 573 g/mol. The fraction of sp³-hybridized carbons (Fsp3) is 0.586. The molecule has 0 saturated carbocycles. The first-order valence-corrected chi connectivity index (χ1v) is 18.8. The highest BCUT2D eigenvalue weighted by Crippen LogP contribution is 2.37. The predicted molar refractivity (Wildman–Crippen MR) is 163 cm³/mol. The summed E-state index contributed by atoms with van der Waals surface area (Å²) in [6, 6.07) is 11.2. The summed E-state index contributed by atoms with van der Waals surface area (Å²) in [5.74, 6) is 0. The third kappa shape index (κ3) is 8.68. The molecule has 1 fully saturated rings. The number of nitrogens with zero attached hydrogens (tertiary/aromatic N) is 1. The Hall–Kier alpha value is -1.13. The van der Waals surface area contributed by atoms with E-state index < -0.39 is 18.3 Å². The van der Waals surface area contributed by atoms with Crippen LogP contribution < -0.4 is 4.31 Å². The van der Waals surface area contributed by atoms with Crippen molar-refractivity contribution < 1.29 is 22.3 Å². The molecule has 2 atom stereocenters. The number of ether oxygens (including phenoxy) is 2. The van der Waals surface area contributed by atoms with Gasteiger partial charge in [0.2, 0.25) is 0 Å². The average molecular weight is 617 g/mol. The second-order valence-electron chi connectivity index (χ2n) is 11.7. The van der Waals surface area contributed by atoms with Crippen molar-refractivity contribution in [3.8, 4) is 0 Å². The molecule has 2 aromatic carbocycles. The number of halogens is 2. The van der Waals surface area contributed by atoms with Crippen LogP contribution in [0.4, 0.5) is 5.69 Å². The molecule has 0 N–H and O–H groups in total. The zero-order valence-corrected chi connectivity index (χ0v) is 27.3. The van der Waals surface area contributed by atoms with Crippen LogP contribution in [0.3, 0.4) is 0 Å². The van der Waals surface area contributed by atoms with Gasteiger partial charge in [0.1, 0.15) is 0 Å². The van der Waals surface area contributed by atoms with Crippen LogP contribution in [-0.4, -0.2) is 42.3 Å². The van der Waals surface area contributed by atoms with Crippen molar-refractivity contribution in [2.75, 3.05) is 17.5 Å². The fourth-order valence-electron chi connectivity index (χ4n) is 4.25. The van der Waals surface area contributed by atoms with E-state index in [9.17, 15) is 8.42 Å². The summed E-state index contributed by atoms with van der Waals surface area (Å²) in [5.41, 5.74) is 1.24. The molecule has 1 aliphatic rings. The third-order valence-electron chi connectivity index (χ3n) is 7.65. The molecule has 6 nitrogen and oxygen atoms in total. The lowest BCUT2D eigenvalue weighted by Crippen LogP contribution is -2.42. The van der Waals surface area contributed by atoms with Crippen molar-refractivity contribution >= 4 is 47.2 Å². The van der Waals surface area contributed by atoms with Gasteiger partial charge in [0.25, 0.3) is 10.0 Å². The molecule has 3 rings (SSSR count). The van der Waals surface area contributed by atoms with Crippen LogP contribution in [-0.2, 0) is 30.5 Å². The number of hydrogen-bond donors (Lipinski definition) is 0. The molecule has 10 heteroatoms. The van der Waals surface area contributed by atoms with Gasteiger partial charge in [-0.15, -0.1) is 0 Å². The molecule has 0 aliphatic carbocycles. The minimum Gasteiger partial charge on any atom is -0.417 e. The molecule has 0 radical (unpaired) electrons. The Labute approximate surface area is 246 Å². The first kappa shape index (κ1) is 32.4. The van der Waals surface area contributed by atoms with Gasteiger partial charge in [0.05, 0.1) is 17.2 Å². The zero-order chi connectivity index (χ0) is 28.8.